The van der Waals surface area contributed by atoms with E-state index in [4.69, 9.17) is 32.7 Å². The minimum Gasteiger partial charge on any atom is -0.405 e. The summed E-state index contributed by atoms with van der Waals surface area (Å²) < 4.78 is 42.5. The van der Waals surface area contributed by atoms with E-state index < -0.39 is 14.0 Å². The van der Waals surface area contributed by atoms with E-state index in [0.717, 1.165) is 9.94 Å². The third-order valence-corrected chi connectivity index (χ3v) is 15.7. The maximum atomic E-state index is 6.21. The molecule has 6 aromatic carbocycles. The first-order valence-corrected chi connectivity index (χ1v) is 26.1. The van der Waals surface area contributed by atoms with Gasteiger partial charge in [-0.25, -0.2) is 0 Å². The molecule has 0 radical (unpaired) electrons. The molecule has 72 heavy (non-hydrogen) atoms. The van der Waals surface area contributed by atoms with Gasteiger partial charge in [0.25, 0.3) is 0 Å². The van der Waals surface area contributed by atoms with E-state index in [-0.39, 0.29) is 48.2 Å². The van der Waals surface area contributed by atoms with Crippen LogP contribution in [0.2, 0.25) is 0 Å². The van der Waals surface area contributed by atoms with Gasteiger partial charge in [-0.2, -0.15) is 0 Å². The largest absolute Gasteiger partial charge is 0.494 e. The lowest BCUT2D eigenvalue weighted by molar-refractivity contribution is 0.00578. The molecule has 6 aromatic rings. The van der Waals surface area contributed by atoms with Crippen LogP contribution in [0.1, 0.15) is 116 Å². The van der Waals surface area contributed by atoms with Crippen LogP contribution in [-0.2, 0) is 32.7 Å². The van der Waals surface area contributed by atoms with Crippen molar-refractivity contribution in [2.75, 3.05) is 7.11 Å². The molecule has 0 atom stereocenters. The number of rotatable bonds is 7. The second kappa shape index (κ2) is 23.5. The van der Waals surface area contributed by atoms with Crippen molar-refractivity contribution in [3.63, 3.8) is 0 Å². The van der Waals surface area contributed by atoms with Gasteiger partial charge < -0.3 is 32.7 Å². The van der Waals surface area contributed by atoms with E-state index in [2.05, 4.69) is 183 Å². The van der Waals surface area contributed by atoms with Crippen molar-refractivity contribution >= 4 is 42.5 Å². The molecule has 0 N–H and O–H groups in total. The van der Waals surface area contributed by atoms with Crippen molar-refractivity contribution in [2.45, 2.75) is 156 Å². The number of methoxy groups -OCH3 is 1. The maximum Gasteiger partial charge on any atom is 0.494 e. The molecule has 3 aliphatic heterocycles. The lowest BCUT2D eigenvalue weighted by atomic mass is 9.49. The van der Waals surface area contributed by atoms with Gasteiger partial charge in [-0.1, -0.05) is 170 Å². The van der Waals surface area contributed by atoms with Crippen LogP contribution < -0.4 is 5.46 Å². The van der Waals surface area contributed by atoms with E-state index in [1.165, 1.54) is 70.2 Å². The van der Waals surface area contributed by atoms with E-state index in [1.807, 2.05) is 73.6 Å². The highest BCUT2D eigenvalue weighted by Gasteiger charge is 2.63. The first kappa shape index (κ1) is 57.0. The second-order valence-electron chi connectivity index (χ2n) is 22.0. The molecule has 4 aliphatic rings. The van der Waals surface area contributed by atoms with Gasteiger partial charge in [-0.15, -0.1) is 0 Å². The second-order valence-corrected chi connectivity index (χ2v) is 22.9. The fourth-order valence-electron chi connectivity index (χ4n) is 8.65. The molecule has 0 amide bonds. The fraction of sp³-hybridized carbons (Fsp3) is 0.410. The van der Waals surface area contributed by atoms with Crippen LogP contribution in [0.5, 0.6) is 0 Å². The van der Waals surface area contributed by atoms with Crippen molar-refractivity contribution in [1.29, 1.82) is 0 Å². The highest BCUT2D eigenvalue weighted by atomic mass is 79.9. The molecule has 10 rings (SSSR count). The van der Waals surface area contributed by atoms with Gasteiger partial charge in [0, 0.05) is 11.6 Å². The summed E-state index contributed by atoms with van der Waals surface area (Å²) >= 11 is 3.52. The average Bonchev–Trinajstić information content (AvgIpc) is 4.07. The summed E-state index contributed by atoms with van der Waals surface area (Å²) in [6.07, 6.45) is 5.92. The zero-order valence-electron chi connectivity index (χ0n) is 44.4. The van der Waals surface area contributed by atoms with Crippen LogP contribution in [0.4, 0.5) is 0 Å². The first-order valence-electron chi connectivity index (χ1n) is 25.3. The van der Waals surface area contributed by atoms with Gasteiger partial charge in [0.15, 0.2) is 0 Å². The molecule has 0 aromatic heterocycles. The minimum atomic E-state index is -0.476. The van der Waals surface area contributed by atoms with Crippen LogP contribution >= 0.6 is 15.9 Å². The molecule has 380 valence electrons. The molecule has 4 fully saturated rings. The lowest BCUT2D eigenvalue weighted by Crippen LogP contribution is -2.41. The number of hydrogen-bond donors (Lipinski definition) is 0. The Morgan fingerprint density at radius 2 is 0.694 bits per heavy atom. The van der Waals surface area contributed by atoms with Gasteiger partial charge >= 0.3 is 21.1 Å². The highest BCUT2D eigenvalue weighted by Crippen LogP contribution is 2.43. The lowest BCUT2D eigenvalue weighted by Gasteiger charge is -2.32. The summed E-state index contributed by atoms with van der Waals surface area (Å²) in [4.78, 5) is 0. The van der Waals surface area contributed by atoms with Gasteiger partial charge in [-0.3, -0.25) is 0 Å². The van der Waals surface area contributed by atoms with E-state index >= 15 is 0 Å². The van der Waals surface area contributed by atoms with Crippen molar-refractivity contribution < 1.29 is 32.7 Å². The summed E-state index contributed by atoms with van der Waals surface area (Å²) in [5.41, 5.74) is 8.71. The van der Waals surface area contributed by atoms with Gasteiger partial charge in [0.05, 0.1) is 39.7 Å². The highest BCUT2D eigenvalue weighted by molar-refractivity contribution is 9.10. The van der Waals surface area contributed by atoms with Crippen molar-refractivity contribution in [3.8, 4) is 44.5 Å². The predicted molar refractivity (Wildman–Crippen MR) is 306 cm³/mol. The molecule has 1 aliphatic carbocycles. The molecule has 3 heterocycles. The molecule has 7 nitrogen and oxygen atoms in total. The Morgan fingerprint density at radius 1 is 0.389 bits per heavy atom. The van der Waals surface area contributed by atoms with Crippen LogP contribution in [0.25, 0.3) is 44.5 Å². The Morgan fingerprint density at radius 3 is 1.06 bits per heavy atom. The van der Waals surface area contributed by atoms with Gasteiger partial charge in [0.2, 0.25) is 0 Å². The normalized spacial score (nSPS) is 19.7. The first-order chi connectivity index (χ1) is 33.5. The number of benzene rings is 6. The SMILES string of the molecule is Brc1cccc(-c2cccc(-c3ccccc3)c2)c1.C.CC1(C)OB(B2OC(C)(C)C(C)(C)O2)OC1(C)C.CC1(C)OB(c2cccc(-c3cccc(-c4ccccc4)c3)c2)OC1(C)C.COC1CCCC1. The number of hydrogen-bond acceptors (Lipinski definition) is 7. The fourth-order valence-corrected chi connectivity index (χ4v) is 9.05. The van der Waals surface area contributed by atoms with Crippen molar-refractivity contribution in [1.82, 2.24) is 0 Å². The summed E-state index contributed by atoms with van der Waals surface area (Å²) in [5, 5.41) is 0. The molecule has 1 saturated carbocycles. The van der Waals surface area contributed by atoms with Gasteiger partial charge in [0.1, 0.15) is 0 Å². The Kier molecular flexibility index (Phi) is 18.6. The Balaban J connectivity index is 0.000000167. The number of ether oxygens (including phenoxy) is 1. The third-order valence-electron chi connectivity index (χ3n) is 15.2. The third kappa shape index (κ3) is 13.7. The molecule has 0 bridgehead atoms. The van der Waals surface area contributed by atoms with E-state index in [1.54, 1.807) is 7.11 Å². The Hall–Kier alpha value is -4.29. The summed E-state index contributed by atoms with van der Waals surface area (Å²) in [5.74, 6) is 0. The molecular formula is C61H78B3BrO7. The molecule has 3 saturated heterocycles. The summed E-state index contributed by atoms with van der Waals surface area (Å²) in [6.45, 7) is 24.5. The monoisotopic (exact) mass is 1030 g/mol. The number of halogens is 1. The molecule has 0 spiro atoms. The van der Waals surface area contributed by atoms with Crippen molar-refractivity contribution in [2.24, 2.45) is 0 Å². The van der Waals surface area contributed by atoms with Crippen LogP contribution in [-0.4, -0.2) is 68.0 Å². The zero-order chi connectivity index (χ0) is 51.2. The zero-order valence-corrected chi connectivity index (χ0v) is 46.0. The standard InChI is InChI=1S/C24H25BO2.C18H13Br.C12H24B2O4.C6H12O.CH4/c1-23(2)24(3,4)27-25(26-23)22-15-9-14-21(17-22)20-13-8-12-19(16-20)18-10-6-5-7-11-18;19-18-11-5-10-17(13-18)16-9-4-8-15(12-16)14-6-2-1-3-7-14;1-9(2)10(3,4)16-13(15-9)14-17-11(5,6)12(7,8)18-14;1-7-6-4-2-3-5-6;/h5-17H,1-4H3;1-13H;1-8H3;6H,2-5H2,1H3;1H4. The van der Waals surface area contributed by atoms with Crippen LogP contribution in [0, 0.1) is 0 Å². The Labute approximate surface area is 442 Å². The molecule has 0 unspecified atom stereocenters. The predicted octanol–water partition coefficient (Wildman–Crippen LogP) is 15.6. The average molecular weight is 1040 g/mol. The minimum absolute atomic E-state index is 0. The van der Waals surface area contributed by atoms with Crippen molar-refractivity contribution in [3.05, 3.63) is 162 Å². The molecule has 11 heteroatoms. The summed E-state index contributed by atoms with van der Waals surface area (Å²) in [6, 6.07) is 55.1. The topological polar surface area (TPSA) is 64.6 Å². The maximum absolute atomic E-state index is 6.21. The van der Waals surface area contributed by atoms with E-state index in [9.17, 15) is 0 Å². The van der Waals surface area contributed by atoms with Gasteiger partial charge in [-0.05, 0) is 170 Å². The molecular weight excluding hydrogens is 957 g/mol. The van der Waals surface area contributed by atoms with E-state index in [0.29, 0.717) is 6.10 Å². The van der Waals surface area contributed by atoms with Crippen LogP contribution in [0.15, 0.2) is 162 Å². The Bertz CT molecular complexity index is 2580. The summed E-state index contributed by atoms with van der Waals surface area (Å²) in [7, 11) is 0.509. The van der Waals surface area contributed by atoms with Crippen LogP contribution in [0.3, 0.4) is 0 Å². The smallest absolute Gasteiger partial charge is 0.405 e. The quantitative estimate of drug-likeness (QED) is 0.148.